The van der Waals surface area contributed by atoms with E-state index in [1.165, 1.54) is 30.3 Å². The first-order valence-corrected chi connectivity index (χ1v) is 10.9. The molecule has 0 radical (unpaired) electrons. The number of hydrogen-bond acceptors (Lipinski definition) is 7. The Morgan fingerprint density at radius 1 is 1.00 bits per heavy atom. The van der Waals surface area contributed by atoms with Crippen molar-refractivity contribution in [2.24, 2.45) is 0 Å². The summed E-state index contributed by atoms with van der Waals surface area (Å²) >= 11 is 0. The number of carbonyl (C=O) groups excluding carboxylic acids is 2. The number of alkyl halides is 3. The van der Waals surface area contributed by atoms with Gasteiger partial charge in [0.05, 0.1) is 35.2 Å². The number of ketones is 2. The number of carbonyl (C=O) groups is 2. The maximum atomic E-state index is 13.3. The first-order chi connectivity index (χ1) is 15.8. The van der Waals surface area contributed by atoms with Crippen LogP contribution in [0.3, 0.4) is 0 Å². The molecule has 35 heavy (non-hydrogen) atoms. The number of rotatable bonds is 4. The quantitative estimate of drug-likeness (QED) is 0.209. The molecule has 1 aliphatic carbocycles. The summed E-state index contributed by atoms with van der Waals surface area (Å²) in [4.78, 5) is 25.5. The van der Waals surface area contributed by atoms with Crippen LogP contribution >= 0.6 is 0 Å². The van der Waals surface area contributed by atoms with Crippen LogP contribution in [0, 0.1) is 0 Å². The Morgan fingerprint density at radius 3 is 2.09 bits per heavy atom. The molecule has 0 saturated heterocycles. The van der Waals surface area contributed by atoms with Crippen molar-refractivity contribution in [3.63, 3.8) is 0 Å². The third-order valence-corrected chi connectivity index (χ3v) is 6.12. The molecule has 13 heteroatoms. The number of fused-ring (bicyclic) bond motifs is 2. The Hall–Kier alpha value is -2.90. The summed E-state index contributed by atoms with van der Waals surface area (Å²) in [6.07, 6.45) is -4.74. The van der Waals surface area contributed by atoms with E-state index in [1.54, 1.807) is 0 Å². The summed E-state index contributed by atoms with van der Waals surface area (Å²) in [5, 5.41) is 2.56. The van der Waals surface area contributed by atoms with Crippen molar-refractivity contribution in [2.75, 3.05) is 18.2 Å². The van der Waals surface area contributed by atoms with Crippen molar-refractivity contribution in [2.45, 2.75) is 11.1 Å². The number of nitrogens with one attached hydrogen (secondary N) is 1. The Bertz CT molecular complexity index is 1500. The van der Waals surface area contributed by atoms with E-state index in [-0.39, 0.29) is 64.8 Å². The first-order valence-electron chi connectivity index (χ1n) is 9.48. The zero-order valence-corrected chi connectivity index (χ0v) is 21.0. The van der Waals surface area contributed by atoms with E-state index in [1.807, 2.05) is 0 Å². The number of halogens is 3. The van der Waals surface area contributed by atoms with Crippen LogP contribution in [0.15, 0.2) is 53.4 Å². The summed E-state index contributed by atoms with van der Waals surface area (Å²) in [7, 11) is -3.82. The fourth-order valence-electron chi connectivity index (χ4n) is 3.71. The Kier molecular flexibility index (Phi) is 7.08. The predicted molar refractivity (Wildman–Crippen MR) is 116 cm³/mol. The van der Waals surface area contributed by atoms with Crippen molar-refractivity contribution < 1.29 is 71.5 Å². The van der Waals surface area contributed by atoms with E-state index >= 15 is 0 Å². The minimum absolute atomic E-state index is 0. The molecular formula is C22H16F3N2NaO6S. The van der Waals surface area contributed by atoms with Crippen LogP contribution in [-0.4, -0.2) is 31.6 Å². The largest absolute Gasteiger partial charge is 1.00 e. The molecule has 0 bridgehead atoms. The molecule has 4 rings (SSSR count). The summed E-state index contributed by atoms with van der Waals surface area (Å²) in [5.74, 6) is -1.66. The molecule has 0 unspecified atom stereocenters. The fraction of sp³-hybridized carbons (Fsp3) is 0.0909. The number of ether oxygens (including phenoxy) is 1. The minimum Gasteiger partial charge on any atom is -1.00 e. The zero-order valence-electron chi connectivity index (χ0n) is 19.2. The number of methoxy groups -OCH3 is 1. The third-order valence-electron chi connectivity index (χ3n) is 5.23. The third kappa shape index (κ3) is 4.80. The van der Waals surface area contributed by atoms with Gasteiger partial charge in [0.15, 0.2) is 11.6 Å². The molecule has 4 N–H and O–H groups in total. The van der Waals surface area contributed by atoms with E-state index in [2.05, 4.69) is 5.32 Å². The van der Waals surface area contributed by atoms with E-state index in [0.29, 0.717) is 6.07 Å². The van der Waals surface area contributed by atoms with Gasteiger partial charge in [-0.1, -0.05) is 24.3 Å². The number of nitrogen functional groups attached to an aromatic ring is 1. The summed E-state index contributed by atoms with van der Waals surface area (Å²) in [5.41, 5.74) is 2.72. The van der Waals surface area contributed by atoms with E-state index in [9.17, 15) is 35.7 Å². The molecule has 1 aliphatic rings. The van der Waals surface area contributed by atoms with Crippen molar-refractivity contribution in [1.82, 2.24) is 0 Å². The monoisotopic (exact) mass is 516 g/mol. The number of benzene rings is 3. The van der Waals surface area contributed by atoms with Crippen molar-refractivity contribution in [3.05, 3.63) is 76.3 Å². The maximum absolute atomic E-state index is 13.3. The normalized spacial score (nSPS) is 12.9. The molecule has 178 valence electrons. The topological polar surface area (TPSA) is 136 Å². The van der Waals surface area contributed by atoms with Crippen molar-refractivity contribution in [1.29, 1.82) is 0 Å². The molecule has 0 spiro atoms. The van der Waals surface area contributed by atoms with Gasteiger partial charge in [-0.2, -0.15) is 21.6 Å². The van der Waals surface area contributed by atoms with Crippen LogP contribution in [0.1, 0.15) is 38.8 Å². The molecule has 3 aromatic carbocycles. The molecule has 0 aliphatic heterocycles. The van der Waals surface area contributed by atoms with Crippen molar-refractivity contribution in [3.8, 4) is 5.75 Å². The standard InChI is InChI=1S/C22H15F3N2O6S.Na.H/c1-33-12-7-10(22(23,24)25)6-11(8-12)27-15-9-16(34(30,31)32)19(26)18-17(15)20(28)13-4-2-3-5-14(13)21(18)29;;/h2-9,27H,26H2,1H3,(H,30,31,32);;/q;+1;-1. The predicted octanol–water partition coefficient (Wildman–Crippen LogP) is 1.18. The SMILES string of the molecule is COc1cc(Nc2cc(S(=O)(=O)O)c(N)c3c2C(=O)c2ccccc2C3=O)cc(C(F)(F)F)c1.[H-].[Na+]. The van der Waals surface area contributed by atoms with Crippen LogP contribution in [0.25, 0.3) is 0 Å². The van der Waals surface area contributed by atoms with Gasteiger partial charge in [0.2, 0.25) is 0 Å². The fourth-order valence-corrected chi connectivity index (χ4v) is 4.36. The minimum atomic E-state index is -4.98. The summed E-state index contributed by atoms with van der Waals surface area (Å²) in [6.45, 7) is 0. The van der Waals surface area contributed by atoms with Crippen LogP contribution in [0.4, 0.5) is 30.2 Å². The van der Waals surface area contributed by atoms with Gasteiger partial charge < -0.3 is 17.2 Å². The Balaban J connectivity index is 0.00000228. The maximum Gasteiger partial charge on any atom is 1.00 e. The van der Waals surface area contributed by atoms with E-state index in [0.717, 1.165) is 19.2 Å². The van der Waals surface area contributed by atoms with Gasteiger partial charge in [-0.3, -0.25) is 14.1 Å². The van der Waals surface area contributed by atoms with Gasteiger partial charge in [0, 0.05) is 22.9 Å². The average molecular weight is 516 g/mol. The number of hydrogen-bond donors (Lipinski definition) is 3. The molecule has 0 fully saturated rings. The number of nitrogens with two attached hydrogens (primary N) is 1. The molecule has 8 nitrogen and oxygen atoms in total. The molecule has 0 atom stereocenters. The molecule has 0 saturated carbocycles. The molecule has 0 aromatic heterocycles. The van der Waals surface area contributed by atoms with Gasteiger partial charge in [-0.25, -0.2) is 0 Å². The smallest absolute Gasteiger partial charge is 1.00 e. The van der Waals surface area contributed by atoms with Gasteiger partial charge in [-0.05, 0) is 18.2 Å². The second kappa shape index (κ2) is 9.28. The summed E-state index contributed by atoms with van der Waals surface area (Å²) < 4.78 is 78.5. The first kappa shape index (κ1) is 26.7. The van der Waals surface area contributed by atoms with Crippen LogP contribution in [-0.2, 0) is 16.3 Å². The Labute approximate surface area is 220 Å². The van der Waals surface area contributed by atoms with Crippen molar-refractivity contribution >= 4 is 38.7 Å². The molecule has 0 amide bonds. The number of anilines is 3. The second-order valence-electron chi connectivity index (χ2n) is 7.34. The van der Waals surface area contributed by atoms with E-state index in [4.69, 9.17) is 10.5 Å². The second-order valence-corrected chi connectivity index (χ2v) is 8.73. The van der Waals surface area contributed by atoms with Crippen LogP contribution in [0.2, 0.25) is 0 Å². The summed E-state index contributed by atoms with van der Waals surface area (Å²) in [6, 6.07) is 9.15. The van der Waals surface area contributed by atoms with Gasteiger partial charge >= 0.3 is 35.7 Å². The molecule has 0 heterocycles. The van der Waals surface area contributed by atoms with Gasteiger partial charge in [-0.15, -0.1) is 0 Å². The molecular weight excluding hydrogens is 500 g/mol. The van der Waals surface area contributed by atoms with Gasteiger partial charge in [0.25, 0.3) is 10.1 Å². The van der Waals surface area contributed by atoms with E-state index < -0.39 is 49.6 Å². The molecule has 3 aromatic rings. The average Bonchev–Trinajstić information content (AvgIpc) is 2.76. The van der Waals surface area contributed by atoms with Gasteiger partial charge in [0.1, 0.15) is 10.6 Å². The van der Waals surface area contributed by atoms with Crippen LogP contribution in [0.5, 0.6) is 5.75 Å². The van der Waals surface area contributed by atoms with Crippen LogP contribution < -0.4 is 45.3 Å². The zero-order chi connectivity index (χ0) is 25.0. The Morgan fingerprint density at radius 2 is 1.57 bits per heavy atom.